The highest BCUT2D eigenvalue weighted by Gasteiger charge is 2.24. The first-order chi connectivity index (χ1) is 10.6. The highest BCUT2D eigenvalue weighted by atomic mass is 16.5. The van der Waals surface area contributed by atoms with Crippen molar-refractivity contribution in [2.24, 2.45) is 5.41 Å². The third-order valence-corrected chi connectivity index (χ3v) is 3.72. The zero-order valence-electron chi connectivity index (χ0n) is 12.9. The molecule has 0 aliphatic rings. The van der Waals surface area contributed by atoms with Crippen LogP contribution < -0.4 is 0 Å². The lowest BCUT2D eigenvalue weighted by Crippen LogP contribution is -2.24. The van der Waals surface area contributed by atoms with Crippen molar-refractivity contribution in [3.8, 4) is 0 Å². The predicted molar refractivity (Wildman–Crippen MR) is 85.8 cm³/mol. The molecule has 0 bridgehead atoms. The van der Waals surface area contributed by atoms with E-state index < -0.39 is 5.41 Å². The van der Waals surface area contributed by atoms with E-state index in [-0.39, 0.29) is 5.97 Å². The van der Waals surface area contributed by atoms with E-state index in [0.29, 0.717) is 18.4 Å². The van der Waals surface area contributed by atoms with Gasteiger partial charge in [-0.25, -0.2) is 4.79 Å². The molecule has 0 heterocycles. The molecule has 2 aromatic rings. The Morgan fingerprint density at radius 3 is 2.05 bits per heavy atom. The summed E-state index contributed by atoms with van der Waals surface area (Å²) in [6, 6.07) is 17.2. The minimum atomic E-state index is -0.464. The Kier molecular flexibility index (Phi) is 5.10. The molecule has 0 N–H and O–H groups in total. The lowest BCUT2D eigenvalue weighted by molar-refractivity contribution is -0.115. The monoisotopic (exact) mass is 296 g/mol. The molecule has 0 aromatic heterocycles. The summed E-state index contributed by atoms with van der Waals surface area (Å²) < 4.78 is 4.68. The normalized spacial score (nSPS) is 13.2. The average Bonchev–Trinajstić information content (AvgIpc) is 2.55. The van der Waals surface area contributed by atoms with Crippen molar-refractivity contribution < 1.29 is 14.3 Å². The number of hydrogen-bond acceptors (Lipinski definition) is 3. The lowest BCUT2D eigenvalue weighted by atomic mass is 9.79. The number of methoxy groups -OCH3 is 1. The van der Waals surface area contributed by atoms with Gasteiger partial charge >= 0.3 is 5.97 Å². The molecule has 22 heavy (non-hydrogen) atoms. The van der Waals surface area contributed by atoms with Gasteiger partial charge < -0.3 is 9.53 Å². The highest BCUT2D eigenvalue weighted by molar-refractivity contribution is 5.89. The molecule has 2 aromatic carbocycles. The molecule has 3 heteroatoms. The number of hydrogen-bond donors (Lipinski definition) is 0. The largest absolute Gasteiger partial charge is 0.465 e. The molecule has 0 aliphatic carbocycles. The fourth-order valence-electron chi connectivity index (χ4n) is 2.55. The minimum Gasteiger partial charge on any atom is -0.465 e. The molecule has 0 saturated carbocycles. The zero-order valence-corrected chi connectivity index (χ0v) is 12.9. The molecule has 0 saturated heterocycles. The van der Waals surface area contributed by atoms with Crippen molar-refractivity contribution in [2.45, 2.75) is 19.8 Å². The summed E-state index contributed by atoms with van der Waals surface area (Å²) in [6.07, 6.45) is 2.34. The van der Waals surface area contributed by atoms with Gasteiger partial charge in [-0.15, -0.1) is 0 Å². The first-order valence-electron chi connectivity index (χ1n) is 7.24. The first-order valence-corrected chi connectivity index (χ1v) is 7.24. The van der Waals surface area contributed by atoms with Gasteiger partial charge in [0.1, 0.15) is 6.29 Å². The number of rotatable bonds is 6. The molecule has 0 spiro atoms. The fraction of sp³-hybridized carbons (Fsp3) is 0.263. The maximum Gasteiger partial charge on any atom is 0.337 e. The van der Waals surface area contributed by atoms with Crippen LogP contribution in [-0.2, 0) is 22.4 Å². The number of esters is 1. The topological polar surface area (TPSA) is 43.4 Å². The SMILES string of the molecule is COC(=O)c1ccc(CC(C)(C=O)Cc2ccccc2)cc1. The van der Waals surface area contributed by atoms with Crippen molar-refractivity contribution in [3.05, 3.63) is 71.3 Å². The lowest BCUT2D eigenvalue weighted by Gasteiger charge is -2.23. The van der Waals surface area contributed by atoms with Crippen molar-refractivity contribution in [1.82, 2.24) is 0 Å². The van der Waals surface area contributed by atoms with Gasteiger partial charge in [0.2, 0.25) is 0 Å². The summed E-state index contributed by atoms with van der Waals surface area (Å²) in [5, 5.41) is 0. The number of carbonyl (C=O) groups is 2. The Labute approximate surface area is 130 Å². The second-order valence-corrected chi connectivity index (χ2v) is 5.80. The summed E-state index contributed by atoms with van der Waals surface area (Å²) >= 11 is 0. The minimum absolute atomic E-state index is 0.353. The van der Waals surface area contributed by atoms with Crippen LogP contribution in [0.15, 0.2) is 54.6 Å². The van der Waals surface area contributed by atoms with Crippen LogP contribution in [0.4, 0.5) is 0 Å². The van der Waals surface area contributed by atoms with Crippen LogP contribution in [0.25, 0.3) is 0 Å². The highest BCUT2D eigenvalue weighted by Crippen LogP contribution is 2.25. The van der Waals surface area contributed by atoms with Crippen LogP contribution in [0.5, 0.6) is 0 Å². The van der Waals surface area contributed by atoms with Crippen molar-refractivity contribution in [3.63, 3.8) is 0 Å². The Morgan fingerprint density at radius 2 is 1.55 bits per heavy atom. The molecule has 0 fully saturated rings. The van der Waals surface area contributed by atoms with Crippen LogP contribution >= 0.6 is 0 Å². The van der Waals surface area contributed by atoms with Crippen molar-refractivity contribution in [2.75, 3.05) is 7.11 Å². The van der Waals surface area contributed by atoms with E-state index in [9.17, 15) is 9.59 Å². The fourth-order valence-corrected chi connectivity index (χ4v) is 2.55. The number of aldehydes is 1. The van der Waals surface area contributed by atoms with Gasteiger partial charge in [-0.1, -0.05) is 49.4 Å². The van der Waals surface area contributed by atoms with E-state index in [1.807, 2.05) is 49.4 Å². The molecule has 1 atom stereocenters. The molecule has 0 aliphatic heterocycles. The molecule has 3 nitrogen and oxygen atoms in total. The van der Waals surface area contributed by atoms with Crippen LogP contribution in [0, 0.1) is 5.41 Å². The Balaban J connectivity index is 2.12. The summed E-state index contributed by atoms with van der Waals surface area (Å²) in [7, 11) is 1.36. The second-order valence-electron chi connectivity index (χ2n) is 5.80. The predicted octanol–water partition coefficient (Wildman–Crippen LogP) is 3.46. The van der Waals surface area contributed by atoms with Gasteiger partial charge in [-0.2, -0.15) is 0 Å². The van der Waals surface area contributed by atoms with Gasteiger partial charge in [0.15, 0.2) is 0 Å². The Bertz CT molecular complexity index is 631. The number of benzene rings is 2. The van der Waals surface area contributed by atoms with E-state index in [4.69, 9.17) is 0 Å². The summed E-state index contributed by atoms with van der Waals surface area (Å²) in [6.45, 7) is 1.96. The first kappa shape index (κ1) is 16.0. The van der Waals surface area contributed by atoms with E-state index in [1.54, 1.807) is 12.1 Å². The molecular formula is C19H20O3. The van der Waals surface area contributed by atoms with Crippen LogP contribution in [-0.4, -0.2) is 19.4 Å². The number of carbonyl (C=O) groups excluding carboxylic acids is 2. The molecular weight excluding hydrogens is 276 g/mol. The smallest absolute Gasteiger partial charge is 0.337 e. The summed E-state index contributed by atoms with van der Waals surface area (Å²) in [4.78, 5) is 23.0. The van der Waals surface area contributed by atoms with Gasteiger partial charge in [0, 0.05) is 5.41 Å². The molecule has 0 amide bonds. The standard InChI is InChI=1S/C19H20O3/c1-19(14-20,12-15-6-4-3-5-7-15)13-16-8-10-17(11-9-16)18(21)22-2/h3-11,14H,12-13H2,1-2H3. The Morgan fingerprint density at radius 1 is 1.00 bits per heavy atom. The van der Waals surface area contributed by atoms with E-state index >= 15 is 0 Å². The summed E-state index contributed by atoms with van der Waals surface area (Å²) in [5.74, 6) is -0.353. The quantitative estimate of drug-likeness (QED) is 0.605. The van der Waals surface area contributed by atoms with Gasteiger partial charge in [0.25, 0.3) is 0 Å². The second kappa shape index (κ2) is 7.03. The maximum absolute atomic E-state index is 11.6. The van der Waals surface area contributed by atoms with Crippen LogP contribution in [0.1, 0.15) is 28.4 Å². The molecule has 0 radical (unpaired) electrons. The van der Waals surface area contributed by atoms with Crippen molar-refractivity contribution >= 4 is 12.3 Å². The van der Waals surface area contributed by atoms with E-state index in [0.717, 1.165) is 17.4 Å². The zero-order chi connectivity index (χ0) is 16.0. The Hall–Kier alpha value is -2.42. The number of ether oxygens (including phenoxy) is 1. The van der Waals surface area contributed by atoms with E-state index in [1.165, 1.54) is 7.11 Å². The molecule has 1 unspecified atom stereocenters. The third kappa shape index (κ3) is 4.04. The van der Waals surface area contributed by atoms with Crippen LogP contribution in [0.3, 0.4) is 0 Å². The van der Waals surface area contributed by atoms with Gasteiger partial charge in [0.05, 0.1) is 12.7 Å². The van der Waals surface area contributed by atoms with Gasteiger partial charge in [-0.3, -0.25) is 0 Å². The maximum atomic E-state index is 11.6. The average molecular weight is 296 g/mol. The molecule has 114 valence electrons. The third-order valence-electron chi connectivity index (χ3n) is 3.72. The van der Waals surface area contributed by atoms with Gasteiger partial charge in [-0.05, 0) is 36.1 Å². The van der Waals surface area contributed by atoms with E-state index in [2.05, 4.69) is 4.74 Å². The van der Waals surface area contributed by atoms with Crippen molar-refractivity contribution in [1.29, 1.82) is 0 Å². The van der Waals surface area contributed by atoms with Crippen LogP contribution in [0.2, 0.25) is 0 Å². The summed E-state index contributed by atoms with van der Waals surface area (Å²) in [5.41, 5.74) is 2.22. The molecule has 2 rings (SSSR count).